The Hall–Kier alpha value is -3.56. The second-order valence-corrected chi connectivity index (χ2v) is 7.17. The second-order valence-electron chi connectivity index (χ2n) is 7.17. The Labute approximate surface area is 182 Å². The van der Waals surface area contributed by atoms with Gasteiger partial charge in [-0.1, -0.05) is 24.3 Å². The monoisotopic (exact) mass is 449 g/mol. The van der Waals surface area contributed by atoms with Gasteiger partial charge in [0, 0.05) is 19.5 Å². The highest BCUT2D eigenvalue weighted by atomic mass is 19.4. The minimum atomic E-state index is -4.63. The van der Waals surface area contributed by atoms with Crippen molar-refractivity contribution in [1.29, 1.82) is 0 Å². The summed E-state index contributed by atoms with van der Waals surface area (Å²) in [5, 5.41) is 9.18. The topological polar surface area (TPSA) is 84.7 Å². The summed E-state index contributed by atoms with van der Waals surface area (Å²) < 4.78 is 46.4. The van der Waals surface area contributed by atoms with Gasteiger partial charge in [-0.25, -0.2) is 4.98 Å². The van der Waals surface area contributed by atoms with E-state index in [-0.39, 0.29) is 31.4 Å². The lowest BCUT2D eigenvalue weighted by Gasteiger charge is -2.21. The number of benzene rings is 2. The maximum atomic E-state index is 13.4. The van der Waals surface area contributed by atoms with Gasteiger partial charge in [-0.15, -0.1) is 0 Å². The number of aromatic nitrogens is 2. The predicted octanol–water partition coefficient (Wildman–Crippen LogP) is 3.96. The van der Waals surface area contributed by atoms with E-state index in [9.17, 15) is 27.9 Å². The molecule has 0 saturated heterocycles. The number of hydrogen-bond donors (Lipinski definition) is 1. The van der Waals surface area contributed by atoms with Gasteiger partial charge in [0.1, 0.15) is 12.3 Å². The number of halogens is 3. The average molecular weight is 449 g/mol. The molecule has 1 heterocycles. The second kappa shape index (κ2) is 9.71. The number of carbonyl (C=O) groups is 2. The molecule has 0 fully saturated rings. The lowest BCUT2D eigenvalue weighted by Crippen LogP contribution is -2.35. The first-order chi connectivity index (χ1) is 15.2. The number of hydrogen-bond acceptors (Lipinski definition) is 4. The van der Waals surface area contributed by atoms with Crippen molar-refractivity contribution >= 4 is 22.9 Å². The van der Waals surface area contributed by atoms with Crippen LogP contribution in [0, 0.1) is 0 Å². The smallest absolute Gasteiger partial charge is 0.449 e. The van der Waals surface area contributed by atoms with E-state index in [1.807, 2.05) is 0 Å². The third-order valence-electron chi connectivity index (χ3n) is 4.87. The van der Waals surface area contributed by atoms with E-state index in [1.165, 1.54) is 13.2 Å². The number of ether oxygens (including phenoxy) is 1. The standard InChI is InChI=1S/C22H22F3N3O4/c1-32-16-7-4-6-15(12-16)13-27(14-20(30)31)19(29)10-5-11-28-18-9-3-2-8-17(18)26-21(28)22(23,24)25/h2-4,6-9,12H,5,10-11,13-14H2,1H3,(H,30,31). The molecule has 0 spiro atoms. The van der Waals surface area contributed by atoms with Crippen LogP contribution in [0.15, 0.2) is 48.5 Å². The average Bonchev–Trinajstić information content (AvgIpc) is 3.12. The summed E-state index contributed by atoms with van der Waals surface area (Å²) in [4.78, 5) is 28.8. The van der Waals surface area contributed by atoms with E-state index >= 15 is 0 Å². The third kappa shape index (κ3) is 5.57. The van der Waals surface area contributed by atoms with Crippen LogP contribution >= 0.6 is 0 Å². The van der Waals surface area contributed by atoms with Gasteiger partial charge in [0.25, 0.3) is 0 Å². The predicted molar refractivity (Wildman–Crippen MR) is 110 cm³/mol. The Balaban J connectivity index is 1.72. The van der Waals surface area contributed by atoms with Gasteiger partial charge < -0.3 is 19.3 Å². The number of nitrogens with zero attached hydrogens (tertiary/aromatic N) is 3. The molecule has 1 amide bonds. The zero-order valence-electron chi connectivity index (χ0n) is 17.3. The molecule has 1 aromatic heterocycles. The zero-order valence-corrected chi connectivity index (χ0v) is 17.3. The molecule has 0 aliphatic heterocycles. The molecule has 0 bridgehead atoms. The fraction of sp³-hybridized carbons (Fsp3) is 0.318. The molecule has 3 rings (SSSR count). The summed E-state index contributed by atoms with van der Waals surface area (Å²) in [5.74, 6) is -2.10. The van der Waals surface area contributed by atoms with Crippen LogP contribution in [0.3, 0.4) is 0 Å². The van der Waals surface area contributed by atoms with Gasteiger partial charge in [-0.05, 0) is 36.2 Å². The third-order valence-corrected chi connectivity index (χ3v) is 4.87. The number of imidazole rings is 1. The van der Waals surface area contributed by atoms with Crippen LogP contribution in [-0.4, -0.2) is 45.1 Å². The quantitative estimate of drug-likeness (QED) is 0.535. The molecule has 0 aliphatic rings. The van der Waals surface area contributed by atoms with Crippen molar-refractivity contribution in [2.24, 2.45) is 0 Å². The molecule has 0 atom stereocenters. The number of methoxy groups -OCH3 is 1. The van der Waals surface area contributed by atoms with Crippen LogP contribution < -0.4 is 4.74 Å². The Morgan fingerprint density at radius 3 is 2.59 bits per heavy atom. The van der Waals surface area contributed by atoms with Crippen molar-refractivity contribution in [3.63, 3.8) is 0 Å². The Morgan fingerprint density at radius 1 is 1.16 bits per heavy atom. The minimum Gasteiger partial charge on any atom is -0.497 e. The van der Waals surface area contributed by atoms with E-state index in [0.717, 1.165) is 9.47 Å². The lowest BCUT2D eigenvalue weighted by atomic mass is 10.2. The van der Waals surface area contributed by atoms with Crippen LogP contribution in [0.4, 0.5) is 13.2 Å². The number of rotatable bonds is 9. The van der Waals surface area contributed by atoms with E-state index < -0.39 is 30.4 Å². The first-order valence-corrected chi connectivity index (χ1v) is 9.84. The number of carboxylic acids is 1. The highest BCUT2D eigenvalue weighted by molar-refractivity contribution is 5.81. The number of alkyl halides is 3. The van der Waals surface area contributed by atoms with Crippen LogP contribution in [0.1, 0.15) is 24.2 Å². The molecule has 3 aromatic rings. The molecule has 7 nitrogen and oxygen atoms in total. The van der Waals surface area contributed by atoms with Gasteiger partial charge in [0.2, 0.25) is 11.7 Å². The number of aliphatic carboxylic acids is 1. The lowest BCUT2D eigenvalue weighted by molar-refractivity contribution is -0.147. The Bertz CT molecular complexity index is 1110. The van der Waals surface area contributed by atoms with Gasteiger partial charge in [-0.3, -0.25) is 9.59 Å². The fourth-order valence-corrected chi connectivity index (χ4v) is 3.45. The first kappa shape index (κ1) is 23.1. The molecule has 1 N–H and O–H groups in total. The minimum absolute atomic E-state index is 0.0458. The summed E-state index contributed by atoms with van der Waals surface area (Å²) in [6.45, 7) is -0.552. The van der Waals surface area contributed by atoms with Crippen molar-refractivity contribution in [3.05, 3.63) is 59.9 Å². The van der Waals surface area contributed by atoms with Crippen molar-refractivity contribution in [2.75, 3.05) is 13.7 Å². The molecule has 170 valence electrons. The summed E-state index contributed by atoms with van der Waals surface area (Å²) >= 11 is 0. The van der Waals surface area contributed by atoms with Crippen molar-refractivity contribution in [1.82, 2.24) is 14.5 Å². The fourth-order valence-electron chi connectivity index (χ4n) is 3.45. The number of fused-ring (bicyclic) bond motifs is 1. The van der Waals surface area contributed by atoms with Crippen LogP contribution in [0.25, 0.3) is 11.0 Å². The number of aryl methyl sites for hydroxylation is 1. The summed E-state index contributed by atoms with van der Waals surface area (Å²) in [6, 6.07) is 13.1. The molecule has 0 saturated carbocycles. The molecule has 0 aliphatic carbocycles. The highest BCUT2D eigenvalue weighted by Crippen LogP contribution is 2.31. The number of amides is 1. The molecule has 0 unspecified atom stereocenters. The van der Waals surface area contributed by atoms with E-state index in [4.69, 9.17) is 4.74 Å². The number of carboxylic acid groups (broad SMARTS) is 1. The van der Waals surface area contributed by atoms with E-state index in [1.54, 1.807) is 42.5 Å². The zero-order chi connectivity index (χ0) is 23.3. The van der Waals surface area contributed by atoms with Crippen LogP contribution in [0.5, 0.6) is 5.75 Å². The van der Waals surface area contributed by atoms with E-state index in [0.29, 0.717) is 16.8 Å². The molecular weight excluding hydrogens is 427 g/mol. The van der Waals surface area contributed by atoms with Gasteiger partial charge >= 0.3 is 12.1 Å². The highest BCUT2D eigenvalue weighted by Gasteiger charge is 2.37. The largest absolute Gasteiger partial charge is 0.497 e. The molecule has 32 heavy (non-hydrogen) atoms. The summed E-state index contributed by atoms with van der Waals surface area (Å²) in [6.07, 6.45) is -4.65. The molecular formula is C22H22F3N3O4. The van der Waals surface area contributed by atoms with Crippen molar-refractivity contribution < 1.29 is 32.6 Å². The summed E-state index contributed by atoms with van der Waals surface area (Å²) in [5.41, 5.74) is 1.22. The molecule has 0 radical (unpaired) electrons. The summed E-state index contributed by atoms with van der Waals surface area (Å²) in [7, 11) is 1.49. The number of para-hydroxylation sites is 2. The maximum absolute atomic E-state index is 13.4. The van der Waals surface area contributed by atoms with E-state index in [2.05, 4.69) is 4.98 Å². The van der Waals surface area contributed by atoms with Gasteiger partial charge in [0.15, 0.2) is 0 Å². The number of carbonyl (C=O) groups excluding carboxylic acids is 1. The molecule has 2 aromatic carbocycles. The normalized spacial score (nSPS) is 11.5. The molecule has 10 heteroatoms. The van der Waals surface area contributed by atoms with Gasteiger partial charge in [0.05, 0.1) is 18.1 Å². The SMILES string of the molecule is COc1cccc(CN(CC(=O)O)C(=O)CCCn2c(C(F)(F)F)nc3ccccc32)c1. The van der Waals surface area contributed by atoms with Crippen LogP contribution in [0.2, 0.25) is 0 Å². The van der Waals surface area contributed by atoms with Crippen molar-refractivity contribution in [3.8, 4) is 5.75 Å². The Kier molecular flexibility index (Phi) is 7.01. The van der Waals surface area contributed by atoms with Crippen molar-refractivity contribution in [2.45, 2.75) is 32.1 Å². The van der Waals surface area contributed by atoms with Crippen LogP contribution in [-0.2, 0) is 28.9 Å². The van der Waals surface area contributed by atoms with Gasteiger partial charge in [-0.2, -0.15) is 13.2 Å². The maximum Gasteiger partial charge on any atom is 0.449 e. The first-order valence-electron chi connectivity index (χ1n) is 9.84. The Morgan fingerprint density at radius 2 is 1.91 bits per heavy atom.